The molecule has 0 aromatic rings. The smallest absolute Gasteiger partial charge is 0.407 e. The average Bonchev–Trinajstić information content (AvgIpc) is 2.15. The van der Waals surface area contributed by atoms with Crippen LogP contribution in [0.2, 0.25) is 0 Å². The van der Waals surface area contributed by atoms with Gasteiger partial charge in [-0.25, -0.2) is 4.79 Å². The van der Waals surface area contributed by atoms with Crippen molar-refractivity contribution in [1.82, 2.24) is 10.2 Å². The van der Waals surface area contributed by atoms with Gasteiger partial charge in [0, 0.05) is 13.1 Å². The third kappa shape index (κ3) is 7.86. The number of hydrogen-bond acceptors (Lipinski definition) is 3. The number of rotatable bonds is 7. The molecule has 0 bridgehead atoms. The molecular weight excluding hydrogens is 180 g/mol. The molecule has 14 heavy (non-hydrogen) atoms. The van der Waals surface area contributed by atoms with Crippen LogP contribution in [-0.2, 0) is 4.74 Å². The topological polar surface area (TPSA) is 41.6 Å². The molecule has 0 rings (SSSR count). The molecular formula is C10H22N2O2. The van der Waals surface area contributed by atoms with Crippen LogP contribution in [0.3, 0.4) is 0 Å². The van der Waals surface area contributed by atoms with Crippen molar-refractivity contribution in [3.8, 4) is 0 Å². The van der Waals surface area contributed by atoms with Crippen molar-refractivity contribution in [1.29, 1.82) is 0 Å². The summed E-state index contributed by atoms with van der Waals surface area (Å²) in [7, 11) is 2.02. The molecule has 0 spiro atoms. The molecule has 0 radical (unpaired) electrons. The van der Waals surface area contributed by atoms with Gasteiger partial charge in [0.25, 0.3) is 0 Å². The van der Waals surface area contributed by atoms with Gasteiger partial charge in [-0.1, -0.05) is 13.8 Å². The van der Waals surface area contributed by atoms with Crippen LogP contribution >= 0.6 is 0 Å². The number of nitrogens with zero attached hydrogens (tertiary/aromatic N) is 1. The van der Waals surface area contributed by atoms with Crippen LogP contribution in [0.15, 0.2) is 0 Å². The first kappa shape index (κ1) is 13.2. The molecule has 0 aliphatic carbocycles. The minimum Gasteiger partial charge on any atom is -0.448 e. The van der Waals surface area contributed by atoms with Crippen molar-refractivity contribution in [3.63, 3.8) is 0 Å². The highest BCUT2D eigenvalue weighted by molar-refractivity contribution is 5.66. The maximum atomic E-state index is 11.0. The van der Waals surface area contributed by atoms with Gasteiger partial charge in [0.05, 0.1) is 0 Å². The number of nitrogens with one attached hydrogen (secondary N) is 1. The molecule has 0 aromatic heterocycles. The van der Waals surface area contributed by atoms with Gasteiger partial charge in [-0.3, -0.25) is 0 Å². The molecule has 1 N–H and O–H groups in total. The lowest BCUT2D eigenvalue weighted by atomic mass is 10.4. The van der Waals surface area contributed by atoms with Crippen molar-refractivity contribution in [2.24, 2.45) is 0 Å². The van der Waals surface area contributed by atoms with Crippen molar-refractivity contribution >= 4 is 6.09 Å². The Morgan fingerprint density at radius 2 is 2.00 bits per heavy atom. The molecule has 4 nitrogen and oxygen atoms in total. The Morgan fingerprint density at radius 1 is 1.29 bits per heavy atom. The van der Waals surface area contributed by atoms with Gasteiger partial charge < -0.3 is 15.0 Å². The predicted molar refractivity (Wildman–Crippen MR) is 57.4 cm³/mol. The zero-order chi connectivity index (χ0) is 10.8. The first-order valence-corrected chi connectivity index (χ1v) is 5.29. The molecule has 0 heterocycles. The normalized spacial score (nSPS) is 10.3. The third-order valence-electron chi connectivity index (χ3n) is 1.83. The summed E-state index contributed by atoms with van der Waals surface area (Å²) in [5.41, 5.74) is 0. The molecule has 0 atom stereocenters. The molecule has 0 aromatic carbocycles. The van der Waals surface area contributed by atoms with Crippen molar-refractivity contribution in [3.05, 3.63) is 0 Å². The monoisotopic (exact) mass is 202 g/mol. The van der Waals surface area contributed by atoms with E-state index in [0.717, 1.165) is 25.9 Å². The number of hydrogen-bond donors (Lipinski definition) is 1. The van der Waals surface area contributed by atoms with E-state index >= 15 is 0 Å². The zero-order valence-corrected chi connectivity index (χ0v) is 9.51. The molecule has 0 aliphatic heterocycles. The Balaban J connectivity index is 3.30. The van der Waals surface area contributed by atoms with E-state index in [4.69, 9.17) is 4.74 Å². The zero-order valence-electron chi connectivity index (χ0n) is 9.51. The highest BCUT2D eigenvalue weighted by atomic mass is 16.5. The van der Waals surface area contributed by atoms with E-state index in [2.05, 4.69) is 17.1 Å². The first-order valence-electron chi connectivity index (χ1n) is 5.29. The van der Waals surface area contributed by atoms with E-state index in [1.807, 2.05) is 14.0 Å². The van der Waals surface area contributed by atoms with Crippen molar-refractivity contribution < 1.29 is 9.53 Å². The van der Waals surface area contributed by atoms with Crippen LogP contribution in [0.4, 0.5) is 4.79 Å². The average molecular weight is 202 g/mol. The number of likely N-dealkylation sites (N-methyl/N-ethyl adjacent to an activating group) is 1. The van der Waals surface area contributed by atoms with Crippen LogP contribution < -0.4 is 5.32 Å². The quantitative estimate of drug-likeness (QED) is 0.679. The van der Waals surface area contributed by atoms with Crippen LogP contribution in [-0.4, -0.2) is 44.3 Å². The molecule has 0 saturated carbocycles. The fraction of sp³-hybridized carbons (Fsp3) is 0.900. The molecule has 0 unspecified atom stereocenters. The summed E-state index contributed by atoms with van der Waals surface area (Å²) < 4.78 is 4.97. The number of ether oxygens (including phenoxy) is 1. The molecule has 0 aliphatic rings. The van der Waals surface area contributed by atoms with Gasteiger partial charge in [-0.05, 0) is 26.4 Å². The maximum Gasteiger partial charge on any atom is 0.407 e. The molecule has 1 amide bonds. The standard InChI is InChI=1S/C10H22N2O2/c1-4-6-11-10(13)14-9-8-12(3)7-5-2/h4-9H2,1-3H3,(H,11,13). The second-order valence-electron chi connectivity index (χ2n) is 3.37. The summed E-state index contributed by atoms with van der Waals surface area (Å²) in [6.07, 6.45) is 1.75. The first-order chi connectivity index (χ1) is 6.70. The lowest BCUT2D eigenvalue weighted by Crippen LogP contribution is -2.29. The number of carbonyl (C=O) groups is 1. The Kier molecular flexibility index (Phi) is 8.33. The number of carbonyl (C=O) groups excluding carboxylic acids is 1. The Morgan fingerprint density at radius 3 is 2.57 bits per heavy atom. The molecule has 84 valence electrons. The Labute approximate surface area is 86.6 Å². The fourth-order valence-electron chi connectivity index (χ4n) is 1.07. The van der Waals surface area contributed by atoms with E-state index in [1.165, 1.54) is 0 Å². The second-order valence-corrected chi connectivity index (χ2v) is 3.37. The summed E-state index contributed by atoms with van der Waals surface area (Å²) in [5.74, 6) is 0. The van der Waals surface area contributed by atoms with Gasteiger partial charge in [-0.2, -0.15) is 0 Å². The van der Waals surface area contributed by atoms with Crippen LogP contribution in [0.25, 0.3) is 0 Å². The third-order valence-corrected chi connectivity index (χ3v) is 1.83. The van der Waals surface area contributed by atoms with Gasteiger partial charge in [-0.15, -0.1) is 0 Å². The molecule has 4 heteroatoms. The number of amides is 1. The van der Waals surface area contributed by atoms with Gasteiger partial charge in [0.2, 0.25) is 0 Å². The summed E-state index contributed by atoms with van der Waals surface area (Å²) in [6.45, 7) is 7.13. The van der Waals surface area contributed by atoms with Gasteiger partial charge >= 0.3 is 6.09 Å². The Hall–Kier alpha value is -0.770. The fourth-order valence-corrected chi connectivity index (χ4v) is 1.07. The van der Waals surface area contributed by atoms with Gasteiger partial charge in [0.1, 0.15) is 6.61 Å². The molecule has 0 fully saturated rings. The second kappa shape index (κ2) is 8.81. The van der Waals surface area contributed by atoms with Gasteiger partial charge in [0.15, 0.2) is 0 Å². The lowest BCUT2D eigenvalue weighted by Gasteiger charge is -2.15. The summed E-state index contributed by atoms with van der Waals surface area (Å²) in [6, 6.07) is 0. The minimum absolute atomic E-state index is 0.309. The summed E-state index contributed by atoms with van der Waals surface area (Å²) in [4.78, 5) is 13.1. The van der Waals surface area contributed by atoms with Crippen molar-refractivity contribution in [2.45, 2.75) is 26.7 Å². The lowest BCUT2D eigenvalue weighted by molar-refractivity contribution is 0.133. The van der Waals surface area contributed by atoms with E-state index in [-0.39, 0.29) is 6.09 Å². The highest BCUT2D eigenvalue weighted by Gasteiger charge is 2.01. The van der Waals surface area contributed by atoms with Crippen LogP contribution in [0, 0.1) is 0 Å². The summed E-state index contributed by atoms with van der Waals surface area (Å²) >= 11 is 0. The largest absolute Gasteiger partial charge is 0.448 e. The van der Waals surface area contributed by atoms with Crippen LogP contribution in [0.1, 0.15) is 26.7 Å². The predicted octanol–water partition coefficient (Wildman–Crippen LogP) is 1.46. The highest BCUT2D eigenvalue weighted by Crippen LogP contribution is 1.87. The van der Waals surface area contributed by atoms with Crippen molar-refractivity contribution in [2.75, 3.05) is 33.3 Å². The summed E-state index contributed by atoms with van der Waals surface area (Å²) in [5, 5.41) is 2.66. The Bertz CT molecular complexity index is 151. The van der Waals surface area contributed by atoms with E-state index in [9.17, 15) is 4.79 Å². The van der Waals surface area contributed by atoms with E-state index in [0.29, 0.717) is 13.2 Å². The number of alkyl carbamates (subject to hydrolysis) is 1. The minimum atomic E-state index is -0.309. The SMILES string of the molecule is CCCNC(=O)OCCN(C)CCC. The van der Waals surface area contributed by atoms with Crippen LogP contribution in [0.5, 0.6) is 0 Å². The maximum absolute atomic E-state index is 11.0. The van der Waals surface area contributed by atoms with E-state index in [1.54, 1.807) is 0 Å². The van der Waals surface area contributed by atoms with E-state index < -0.39 is 0 Å². The molecule has 0 saturated heterocycles.